The van der Waals surface area contributed by atoms with E-state index in [4.69, 9.17) is 9.47 Å². The molecule has 1 unspecified atom stereocenters. The number of carbonyl (C=O) groups excluding carboxylic acids is 3. The normalized spacial score (nSPS) is 22.2. The average molecular weight is 462 g/mol. The summed E-state index contributed by atoms with van der Waals surface area (Å²) in [7, 11) is 0. The topological polar surface area (TPSA) is 88.2 Å². The summed E-state index contributed by atoms with van der Waals surface area (Å²) in [6.07, 6.45) is 2.55. The smallest absolute Gasteiger partial charge is 0.335 e. The Morgan fingerprint density at radius 3 is 2.62 bits per heavy atom. The zero-order chi connectivity index (χ0) is 24.2. The number of ether oxygens (including phenoxy) is 2. The van der Waals surface area contributed by atoms with Crippen LogP contribution >= 0.6 is 0 Å². The number of anilines is 2. The largest absolute Gasteiger partial charge is 0.454 e. The fraction of sp³-hybridized carbons (Fsp3) is 0.346. The zero-order valence-corrected chi connectivity index (χ0v) is 19.7. The predicted octanol–water partition coefficient (Wildman–Crippen LogP) is 4.19. The standard InChI is InChI=1S/C26H27N3O5/c1-5-28-20-8-6-16(10-18(20)15(2)13-26(28,3)4)11-19-23(30)27-25(32)29(24(19)31)17-7-9-21-22(12-17)34-14-33-21/h6-12,15H,5,13-14H2,1-4H3,(H,27,30,32)/b19-11+. The molecular formula is C26H27N3O5. The fourth-order valence-corrected chi connectivity index (χ4v) is 5.28. The van der Waals surface area contributed by atoms with E-state index in [2.05, 4.69) is 44.0 Å². The van der Waals surface area contributed by atoms with Crippen molar-refractivity contribution in [2.45, 2.75) is 45.6 Å². The first kappa shape index (κ1) is 22.0. The molecule has 8 nitrogen and oxygen atoms in total. The molecule has 34 heavy (non-hydrogen) atoms. The van der Waals surface area contributed by atoms with Gasteiger partial charge in [0.15, 0.2) is 11.5 Å². The monoisotopic (exact) mass is 461 g/mol. The molecule has 1 fully saturated rings. The summed E-state index contributed by atoms with van der Waals surface area (Å²) >= 11 is 0. The Morgan fingerprint density at radius 1 is 1.09 bits per heavy atom. The van der Waals surface area contributed by atoms with Crippen LogP contribution < -0.4 is 24.6 Å². The van der Waals surface area contributed by atoms with Gasteiger partial charge in [-0.2, -0.15) is 0 Å². The summed E-state index contributed by atoms with van der Waals surface area (Å²) in [4.78, 5) is 41.8. The van der Waals surface area contributed by atoms with E-state index in [1.54, 1.807) is 24.3 Å². The van der Waals surface area contributed by atoms with Crippen LogP contribution in [0.25, 0.3) is 6.08 Å². The van der Waals surface area contributed by atoms with Gasteiger partial charge in [-0.15, -0.1) is 0 Å². The van der Waals surface area contributed by atoms with Crippen molar-refractivity contribution in [1.82, 2.24) is 5.32 Å². The van der Waals surface area contributed by atoms with E-state index in [0.29, 0.717) is 23.1 Å². The molecule has 1 atom stereocenters. The maximum absolute atomic E-state index is 13.3. The Hall–Kier alpha value is -3.81. The van der Waals surface area contributed by atoms with Crippen LogP contribution in [0, 0.1) is 0 Å². The SMILES string of the molecule is CCN1c2ccc(/C=C3\C(=O)NC(=O)N(c4ccc5c(c4)OCO5)C3=O)cc2C(C)CC1(C)C. The number of barbiturate groups is 1. The molecule has 2 aromatic carbocycles. The highest BCUT2D eigenvalue weighted by molar-refractivity contribution is 6.39. The number of fused-ring (bicyclic) bond motifs is 2. The van der Waals surface area contributed by atoms with Gasteiger partial charge in [-0.3, -0.25) is 14.9 Å². The van der Waals surface area contributed by atoms with Crippen molar-refractivity contribution in [2.24, 2.45) is 0 Å². The number of rotatable bonds is 3. The molecule has 8 heteroatoms. The number of hydrogen-bond acceptors (Lipinski definition) is 6. The summed E-state index contributed by atoms with van der Waals surface area (Å²) in [5, 5.41) is 2.27. The van der Waals surface area contributed by atoms with Gasteiger partial charge in [-0.1, -0.05) is 13.0 Å². The minimum Gasteiger partial charge on any atom is -0.454 e. The molecule has 1 saturated heterocycles. The van der Waals surface area contributed by atoms with Gasteiger partial charge in [0.2, 0.25) is 6.79 Å². The summed E-state index contributed by atoms with van der Waals surface area (Å²) in [5.74, 6) is -0.0990. The number of nitrogens with one attached hydrogen (secondary N) is 1. The molecule has 5 rings (SSSR count). The van der Waals surface area contributed by atoms with Crippen LogP contribution in [-0.4, -0.2) is 36.7 Å². The molecule has 176 valence electrons. The lowest BCUT2D eigenvalue weighted by Gasteiger charge is -2.47. The third-order valence-corrected chi connectivity index (χ3v) is 6.75. The number of hydrogen-bond donors (Lipinski definition) is 1. The van der Waals surface area contributed by atoms with Crippen LogP contribution in [0.4, 0.5) is 16.2 Å². The Morgan fingerprint density at radius 2 is 1.85 bits per heavy atom. The molecule has 0 aliphatic carbocycles. The van der Waals surface area contributed by atoms with Gasteiger partial charge in [0.05, 0.1) is 5.69 Å². The lowest BCUT2D eigenvalue weighted by Crippen LogP contribution is -2.54. The summed E-state index contributed by atoms with van der Waals surface area (Å²) in [6.45, 7) is 9.80. The first-order valence-corrected chi connectivity index (χ1v) is 11.4. The van der Waals surface area contributed by atoms with Crippen molar-refractivity contribution in [2.75, 3.05) is 23.1 Å². The van der Waals surface area contributed by atoms with Crippen LogP contribution in [-0.2, 0) is 9.59 Å². The maximum Gasteiger partial charge on any atom is 0.335 e. The highest BCUT2D eigenvalue weighted by Gasteiger charge is 2.38. The van der Waals surface area contributed by atoms with Gasteiger partial charge in [0.25, 0.3) is 11.8 Å². The molecule has 1 N–H and O–H groups in total. The molecule has 0 spiro atoms. The number of imide groups is 2. The Labute approximate surface area is 198 Å². The summed E-state index contributed by atoms with van der Waals surface area (Å²) < 4.78 is 10.7. The lowest BCUT2D eigenvalue weighted by atomic mass is 9.79. The number of benzene rings is 2. The second kappa shape index (κ2) is 7.90. The minimum absolute atomic E-state index is 0.0475. The van der Waals surface area contributed by atoms with Crippen molar-refractivity contribution in [3.8, 4) is 11.5 Å². The molecule has 0 aromatic heterocycles. The average Bonchev–Trinajstić information content (AvgIpc) is 3.24. The molecular weight excluding hydrogens is 434 g/mol. The number of nitrogens with zero attached hydrogens (tertiary/aromatic N) is 2. The van der Waals surface area contributed by atoms with E-state index in [1.807, 2.05) is 12.1 Å². The molecule has 3 heterocycles. The second-order valence-electron chi connectivity index (χ2n) is 9.48. The number of amides is 4. The van der Waals surface area contributed by atoms with Crippen molar-refractivity contribution in [3.05, 3.63) is 53.1 Å². The molecule has 0 bridgehead atoms. The molecule has 0 saturated carbocycles. The highest BCUT2D eigenvalue weighted by atomic mass is 16.7. The Bertz CT molecular complexity index is 1250. The van der Waals surface area contributed by atoms with Crippen molar-refractivity contribution in [1.29, 1.82) is 0 Å². The van der Waals surface area contributed by atoms with Crippen molar-refractivity contribution >= 4 is 35.3 Å². The van der Waals surface area contributed by atoms with E-state index in [0.717, 1.165) is 23.4 Å². The van der Waals surface area contributed by atoms with Gasteiger partial charge >= 0.3 is 6.03 Å². The molecule has 3 aliphatic rings. The van der Waals surface area contributed by atoms with Crippen LogP contribution in [0.2, 0.25) is 0 Å². The Balaban J connectivity index is 1.51. The quantitative estimate of drug-likeness (QED) is 0.545. The molecule has 2 aromatic rings. The van der Waals surface area contributed by atoms with E-state index >= 15 is 0 Å². The summed E-state index contributed by atoms with van der Waals surface area (Å²) in [6, 6.07) is 9.95. The lowest BCUT2D eigenvalue weighted by molar-refractivity contribution is -0.122. The van der Waals surface area contributed by atoms with Gasteiger partial charge < -0.3 is 14.4 Å². The maximum atomic E-state index is 13.3. The van der Waals surface area contributed by atoms with Crippen LogP contribution in [0.3, 0.4) is 0 Å². The zero-order valence-electron chi connectivity index (χ0n) is 19.7. The van der Waals surface area contributed by atoms with E-state index in [-0.39, 0.29) is 17.9 Å². The van der Waals surface area contributed by atoms with Crippen LogP contribution in [0.1, 0.15) is 51.2 Å². The van der Waals surface area contributed by atoms with E-state index in [1.165, 1.54) is 11.3 Å². The molecule has 3 aliphatic heterocycles. The van der Waals surface area contributed by atoms with E-state index in [9.17, 15) is 14.4 Å². The summed E-state index contributed by atoms with van der Waals surface area (Å²) in [5.41, 5.74) is 3.33. The highest BCUT2D eigenvalue weighted by Crippen LogP contribution is 2.43. The molecule has 0 radical (unpaired) electrons. The number of carbonyl (C=O) groups is 3. The first-order chi connectivity index (χ1) is 16.2. The van der Waals surface area contributed by atoms with Gasteiger partial charge in [-0.25, -0.2) is 9.69 Å². The fourth-order valence-electron chi connectivity index (χ4n) is 5.28. The van der Waals surface area contributed by atoms with Gasteiger partial charge in [-0.05, 0) is 74.6 Å². The number of urea groups is 1. The van der Waals surface area contributed by atoms with Gasteiger partial charge in [0, 0.05) is 23.8 Å². The van der Waals surface area contributed by atoms with Gasteiger partial charge in [0.1, 0.15) is 5.57 Å². The minimum atomic E-state index is -0.800. The second-order valence-corrected chi connectivity index (χ2v) is 9.48. The van der Waals surface area contributed by atoms with E-state index < -0.39 is 17.8 Å². The van der Waals surface area contributed by atoms with Crippen LogP contribution in [0.15, 0.2) is 42.0 Å². The Kier molecular flexibility index (Phi) is 5.11. The predicted molar refractivity (Wildman–Crippen MR) is 128 cm³/mol. The molecule has 4 amide bonds. The third-order valence-electron chi connectivity index (χ3n) is 6.75. The van der Waals surface area contributed by atoms with Crippen molar-refractivity contribution in [3.63, 3.8) is 0 Å². The van der Waals surface area contributed by atoms with Crippen LogP contribution in [0.5, 0.6) is 11.5 Å². The third kappa shape index (κ3) is 3.50. The first-order valence-electron chi connectivity index (χ1n) is 11.4. The van der Waals surface area contributed by atoms with Crippen molar-refractivity contribution < 1.29 is 23.9 Å².